The monoisotopic (exact) mass is 482 g/mol. The predicted octanol–water partition coefficient (Wildman–Crippen LogP) is 5.32. The van der Waals surface area contributed by atoms with Crippen LogP contribution < -0.4 is 9.80 Å². The van der Waals surface area contributed by atoms with Crippen LogP contribution in [-0.2, 0) is 17.1 Å². The second-order valence-corrected chi connectivity index (χ2v) is 8.68. The third-order valence-corrected chi connectivity index (χ3v) is 6.51. The van der Waals surface area contributed by atoms with Gasteiger partial charge in [0.2, 0.25) is 5.91 Å². The Kier molecular flexibility index (Phi) is 5.74. The van der Waals surface area contributed by atoms with E-state index in [0.717, 1.165) is 5.56 Å². The lowest BCUT2D eigenvalue weighted by atomic mass is 9.96. The van der Waals surface area contributed by atoms with Gasteiger partial charge in [-0.2, -0.15) is 31.6 Å². The molecule has 1 aromatic carbocycles. The number of halogens is 6. The number of benzene rings is 1. The van der Waals surface area contributed by atoms with Crippen molar-refractivity contribution in [3.8, 4) is 6.07 Å². The SMILES string of the molecule is Cc1cccc(N(C)C(=O)[C@H]2[C@@H]3CC[C@@H](C3)N2c2nc(C(F)(F)F)cc(C(F)(F)F)c2C#N)c1. The van der Waals surface area contributed by atoms with Crippen molar-refractivity contribution in [2.45, 2.75) is 50.6 Å². The fourth-order valence-corrected chi connectivity index (χ4v) is 4.97. The molecule has 0 N–H and O–H groups in total. The number of fused-ring (bicyclic) bond motifs is 2. The minimum atomic E-state index is -5.21. The first-order valence-electron chi connectivity index (χ1n) is 10.5. The number of piperidine rings is 1. The van der Waals surface area contributed by atoms with Crippen molar-refractivity contribution in [2.75, 3.05) is 16.8 Å². The first-order chi connectivity index (χ1) is 15.8. The Labute approximate surface area is 191 Å². The van der Waals surface area contributed by atoms with Crippen LogP contribution in [0.1, 0.15) is 41.6 Å². The van der Waals surface area contributed by atoms with Crippen molar-refractivity contribution >= 4 is 17.4 Å². The van der Waals surface area contributed by atoms with Crippen LogP contribution in [-0.4, -0.2) is 30.0 Å². The van der Waals surface area contributed by atoms with Crippen LogP contribution in [0.3, 0.4) is 0 Å². The Hall–Kier alpha value is -3.29. The lowest BCUT2D eigenvalue weighted by Gasteiger charge is -2.38. The Balaban J connectivity index is 1.85. The van der Waals surface area contributed by atoms with Gasteiger partial charge in [0.15, 0.2) is 0 Å². The van der Waals surface area contributed by atoms with Gasteiger partial charge in [-0.1, -0.05) is 12.1 Å². The normalized spacial score (nSPS) is 22.1. The van der Waals surface area contributed by atoms with Gasteiger partial charge < -0.3 is 9.80 Å². The summed E-state index contributed by atoms with van der Waals surface area (Å²) in [6, 6.07) is 6.73. The third-order valence-electron chi connectivity index (χ3n) is 6.51. The maximum atomic E-state index is 13.7. The van der Waals surface area contributed by atoms with Gasteiger partial charge >= 0.3 is 12.4 Å². The molecule has 1 aliphatic heterocycles. The molecule has 2 aliphatic rings. The first kappa shape index (κ1) is 23.9. The van der Waals surface area contributed by atoms with Crippen molar-refractivity contribution in [3.05, 3.63) is 52.7 Å². The van der Waals surface area contributed by atoms with Gasteiger partial charge in [0, 0.05) is 18.8 Å². The molecule has 2 heterocycles. The van der Waals surface area contributed by atoms with Gasteiger partial charge in [-0.05, 0) is 55.9 Å². The highest BCUT2D eigenvalue weighted by Gasteiger charge is 2.53. The fourth-order valence-electron chi connectivity index (χ4n) is 4.97. The van der Waals surface area contributed by atoms with E-state index in [9.17, 15) is 36.4 Å². The fraction of sp³-hybridized carbons (Fsp3) is 0.435. The summed E-state index contributed by atoms with van der Waals surface area (Å²) in [6.45, 7) is 1.83. The summed E-state index contributed by atoms with van der Waals surface area (Å²) >= 11 is 0. The summed E-state index contributed by atoms with van der Waals surface area (Å²) in [5.74, 6) is -1.50. The Morgan fingerprint density at radius 2 is 1.85 bits per heavy atom. The average Bonchev–Trinajstić information content (AvgIpc) is 3.37. The Morgan fingerprint density at radius 3 is 2.44 bits per heavy atom. The van der Waals surface area contributed by atoms with E-state index in [1.807, 2.05) is 13.0 Å². The van der Waals surface area contributed by atoms with Gasteiger partial charge in [-0.3, -0.25) is 4.79 Å². The molecule has 180 valence electrons. The van der Waals surface area contributed by atoms with Crippen molar-refractivity contribution in [1.82, 2.24) is 4.98 Å². The van der Waals surface area contributed by atoms with Gasteiger partial charge in [0.25, 0.3) is 0 Å². The number of alkyl halides is 6. The third kappa shape index (κ3) is 4.06. The summed E-state index contributed by atoms with van der Waals surface area (Å²) < 4.78 is 81.4. The van der Waals surface area contributed by atoms with E-state index in [4.69, 9.17) is 0 Å². The van der Waals surface area contributed by atoms with Crippen LogP contribution in [0.2, 0.25) is 0 Å². The molecule has 3 atom stereocenters. The molecule has 2 bridgehead atoms. The van der Waals surface area contributed by atoms with Crippen molar-refractivity contribution in [2.24, 2.45) is 5.92 Å². The average molecular weight is 482 g/mol. The first-order valence-corrected chi connectivity index (χ1v) is 10.5. The molecule has 34 heavy (non-hydrogen) atoms. The number of aromatic nitrogens is 1. The smallest absolute Gasteiger partial charge is 0.340 e. The number of carbonyl (C=O) groups is 1. The molecule has 2 fully saturated rings. The van der Waals surface area contributed by atoms with E-state index in [0.29, 0.717) is 24.9 Å². The highest BCUT2D eigenvalue weighted by atomic mass is 19.4. The quantitative estimate of drug-likeness (QED) is 0.556. The number of carbonyl (C=O) groups excluding carboxylic acids is 1. The van der Waals surface area contributed by atoms with Crippen molar-refractivity contribution in [3.63, 3.8) is 0 Å². The summed E-state index contributed by atoms with van der Waals surface area (Å²) in [5, 5.41) is 9.54. The van der Waals surface area contributed by atoms with E-state index in [1.165, 1.54) is 22.9 Å². The molecule has 1 aliphatic carbocycles. The molecule has 0 radical (unpaired) electrons. The minimum Gasteiger partial charge on any atom is -0.340 e. The van der Waals surface area contributed by atoms with E-state index >= 15 is 0 Å². The van der Waals surface area contributed by atoms with E-state index < -0.39 is 53.0 Å². The summed E-state index contributed by atoms with van der Waals surface area (Å²) in [5.41, 5.74) is -3.06. The van der Waals surface area contributed by atoms with Gasteiger partial charge in [-0.25, -0.2) is 4.98 Å². The molecule has 4 rings (SSSR count). The van der Waals surface area contributed by atoms with E-state index in [-0.39, 0.29) is 12.0 Å². The molecular weight excluding hydrogens is 462 g/mol. The van der Waals surface area contributed by atoms with Crippen LogP contribution >= 0.6 is 0 Å². The number of likely N-dealkylation sites (N-methyl/N-ethyl adjacent to an activating group) is 1. The molecular formula is C23H20F6N4O. The zero-order valence-electron chi connectivity index (χ0n) is 18.2. The number of hydrogen-bond acceptors (Lipinski definition) is 4. The molecule has 1 saturated carbocycles. The Morgan fingerprint density at radius 1 is 1.15 bits per heavy atom. The van der Waals surface area contributed by atoms with Gasteiger partial charge in [-0.15, -0.1) is 0 Å². The second kappa shape index (κ2) is 8.18. The molecule has 1 saturated heterocycles. The van der Waals surface area contributed by atoms with Crippen LogP contribution in [0.5, 0.6) is 0 Å². The number of nitrogens with zero attached hydrogens (tertiary/aromatic N) is 4. The van der Waals surface area contributed by atoms with Crippen LogP contribution in [0.15, 0.2) is 30.3 Å². The number of pyridine rings is 1. The minimum absolute atomic E-state index is 0.147. The van der Waals surface area contributed by atoms with Crippen LogP contribution in [0.25, 0.3) is 0 Å². The number of amides is 1. The highest BCUT2D eigenvalue weighted by molar-refractivity contribution is 5.99. The zero-order valence-corrected chi connectivity index (χ0v) is 18.2. The maximum absolute atomic E-state index is 13.7. The molecule has 11 heteroatoms. The largest absolute Gasteiger partial charge is 0.433 e. The number of nitriles is 1. The molecule has 1 amide bonds. The topological polar surface area (TPSA) is 60.2 Å². The Bertz CT molecular complexity index is 1170. The van der Waals surface area contributed by atoms with E-state index in [2.05, 4.69) is 4.98 Å². The number of rotatable bonds is 3. The molecule has 2 aromatic rings. The summed E-state index contributed by atoms with van der Waals surface area (Å²) in [7, 11) is 1.51. The van der Waals surface area contributed by atoms with E-state index in [1.54, 1.807) is 18.2 Å². The lowest BCUT2D eigenvalue weighted by Crippen LogP contribution is -2.52. The summed E-state index contributed by atoms with van der Waals surface area (Å²) in [4.78, 5) is 19.6. The number of anilines is 2. The lowest BCUT2D eigenvalue weighted by molar-refractivity contribution is -0.145. The highest BCUT2D eigenvalue weighted by Crippen LogP contribution is 2.48. The standard InChI is InChI=1S/C23H20F6N4O/c1-12-4-3-5-14(8-12)32(2)21(34)19-13-6-7-15(9-13)33(19)20-16(11-30)17(22(24,25)26)10-18(31-20)23(27,28)29/h3-5,8,10,13,15,19H,6-7,9H2,1-2H3/t13-,15+,19-/m1/s1. The molecule has 5 nitrogen and oxygen atoms in total. The van der Waals surface area contributed by atoms with Crippen molar-refractivity contribution in [1.29, 1.82) is 5.26 Å². The molecule has 1 aromatic heterocycles. The van der Waals surface area contributed by atoms with Gasteiger partial charge in [0.1, 0.15) is 29.2 Å². The number of aryl methyl sites for hydroxylation is 1. The zero-order chi connectivity index (χ0) is 25.0. The van der Waals surface area contributed by atoms with Crippen LogP contribution in [0.4, 0.5) is 37.8 Å². The van der Waals surface area contributed by atoms with Crippen LogP contribution in [0, 0.1) is 24.2 Å². The predicted molar refractivity (Wildman–Crippen MR) is 111 cm³/mol. The second-order valence-electron chi connectivity index (χ2n) is 8.68. The maximum Gasteiger partial charge on any atom is 0.433 e. The molecule has 0 spiro atoms. The number of hydrogen-bond donors (Lipinski definition) is 0. The van der Waals surface area contributed by atoms with Gasteiger partial charge in [0.05, 0.1) is 5.56 Å². The van der Waals surface area contributed by atoms with Crippen molar-refractivity contribution < 1.29 is 31.1 Å². The summed E-state index contributed by atoms with van der Waals surface area (Å²) in [6.07, 6.45) is -8.88. The molecule has 0 unspecified atom stereocenters.